The van der Waals surface area contributed by atoms with Crippen molar-refractivity contribution in [3.63, 3.8) is 0 Å². The highest BCUT2D eigenvalue weighted by Crippen LogP contribution is 2.20. The van der Waals surface area contributed by atoms with E-state index < -0.39 is 10.1 Å². The van der Waals surface area contributed by atoms with Gasteiger partial charge in [-0.3, -0.25) is 0 Å². The molecule has 0 spiro atoms. The largest absolute Gasteiger partial charge is 0.744 e. The molecule has 0 amide bonds. The lowest BCUT2D eigenvalue weighted by Gasteiger charge is -2.13. The fraction of sp³-hybridized carbons (Fsp3) is 0.571. The Morgan fingerprint density at radius 1 is 1.19 bits per heavy atom. The number of azide groups is 1. The van der Waals surface area contributed by atoms with Gasteiger partial charge in [-0.1, -0.05) is 42.1 Å². The topological polar surface area (TPSA) is 106 Å². The van der Waals surface area contributed by atoms with Gasteiger partial charge in [0.2, 0.25) is 0 Å². The molecule has 0 saturated carbocycles. The number of aryl methyl sites for hydroxylation is 2. The summed E-state index contributed by atoms with van der Waals surface area (Å²) in [5.41, 5.74) is 9.69. The first-order valence-electron chi connectivity index (χ1n) is 7.01. The SMILES string of the molecule is Cc1ccc(S(=O)(=O)[O-])c(CCCCCCCN=[N+]=[N-])c1. The second-order valence-corrected chi connectivity index (χ2v) is 6.39. The minimum Gasteiger partial charge on any atom is -0.744 e. The van der Waals surface area contributed by atoms with Gasteiger partial charge in [0, 0.05) is 11.5 Å². The van der Waals surface area contributed by atoms with Gasteiger partial charge in [0.1, 0.15) is 10.1 Å². The van der Waals surface area contributed by atoms with Gasteiger partial charge in [-0.15, -0.1) is 0 Å². The quantitative estimate of drug-likeness (QED) is 0.228. The van der Waals surface area contributed by atoms with E-state index in [-0.39, 0.29) is 4.90 Å². The van der Waals surface area contributed by atoms with Crippen LogP contribution in [0.3, 0.4) is 0 Å². The van der Waals surface area contributed by atoms with E-state index in [0.717, 1.165) is 37.7 Å². The average molecular weight is 310 g/mol. The molecule has 0 radical (unpaired) electrons. The van der Waals surface area contributed by atoms with Crippen LogP contribution in [0.25, 0.3) is 10.4 Å². The normalized spacial score (nSPS) is 11.1. The van der Waals surface area contributed by atoms with Crippen LogP contribution in [0.4, 0.5) is 0 Å². The number of rotatable bonds is 9. The third kappa shape index (κ3) is 6.62. The maximum absolute atomic E-state index is 11.2. The van der Waals surface area contributed by atoms with Gasteiger partial charge in [0.25, 0.3) is 0 Å². The molecule has 0 aromatic heterocycles. The number of benzene rings is 1. The smallest absolute Gasteiger partial charge is 0.124 e. The summed E-state index contributed by atoms with van der Waals surface area (Å²) in [6, 6.07) is 4.81. The van der Waals surface area contributed by atoms with E-state index in [1.807, 2.05) is 6.92 Å². The van der Waals surface area contributed by atoms with Gasteiger partial charge in [0.15, 0.2) is 0 Å². The molecule has 0 heterocycles. The zero-order valence-corrected chi connectivity index (χ0v) is 13.0. The molecule has 0 unspecified atom stereocenters. The van der Waals surface area contributed by atoms with Gasteiger partial charge in [0.05, 0.1) is 4.90 Å². The van der Waals surface area contributed by atoms with Crippen LogP contribution in [-0.4, -0.2) is 19.5 Å². The molecule has 1 aromatic rings. The molecule has 1 rings (SSSR count). The molecule has 1 aromatic carbocycles. The van der Waals surface area contributed by atoms with Crippen molar-refractivity contribution < 1.29 is 13.0 Å². The van der Waals surface area contributed by atoms with Crippen molar-refractivity contribution >= 4 is 10.1 Å². The van der Waals surface area contributed by atoms with Crippen molar-refractivity contribution in [1.82, 2.24) is 0 Å². The van der Waals surface area contributed by atoms with Crippen molar-refractivity contribution in [2.24, 2.45) is 5.11 Å². The van der Waals surface area contributed by atoms with Crippen molar-refractivity contribution in [2.45, 2.75) is 50.3 Å². The third-order valence-corrected chi connectivity index (χ3v) is 4.19. The molecule has 0 aliphatic carbocycles. The first-order valence-corrected chi connectivity index (χ1v) is 8.42. The number of unbranched alkanes of at least 4 members (excludes halogenated alkanes) is 4. The summed E-state index contributed by atoms with van der Waals surface area (Å²) in [5.74, 6) is 0. The molecular weight excluding hydrogens is 290 g/mol. The fourth-order valence-electron chi connectivity index (χ4n) is 2.22. The van der Waals surface area contributed by atoms with Gasteiger partial charge >= 0.3 is 0 Å². The first-order chi connectivity index (χ1) is 9.95. The summed E-state index contributed by atoms with van der Waals surface area (Å²) in [6.07, 6.45) is 5.26. The van der Waals surface area contributed by atoms with Crippen LogP contribution < -0.4 is 0 Å². The molecule has 0 aliphatic heterocycles. The molecule has 7 heteroatoms. The summed E-state index contributed by atoms with van der Waals surface area (Å²) in [5, 5.41) is 3.46. The minimum absolute atomic E-state index is 0.101. The Labute approximate surface area is 125 Å². The van der Waals surface area contributed by atoms with E-state index in [2.05, 4.69) is 10.0 Å². The first kappa shape index (κ1) is 17.5. The summed E-state index contributed by atoms with van der Waals surface area (Å²) < 4.78 is 33.6. The van der Waals surface area contributed by atoms with Gasteiger partial charge < -0.3 is 4.55 Å². The van der Waals surface area contributed by atoms with Crippen LogP contribution in [-0.2, 0) is 16.5 Å². The Kier molecular flexibility index (Phi) is 7.22. The molecule has 0 bridgehead atoms. The standard InChI is InChI=1S/C14H21N3O3S/c1-12-8-9-14(21(18,19)20)13(11-12)7-5-3-2-4-6-10-16-17-15/h8-9,11H,2-7,10H2,1H3,(H,18,19,20)/p-1. The minimum atomic E-state index is -4.40. The summed E-state index contributed by atoms with van der Waals surface area (Å²) in [6.45, 7) is 2.40. The molecular formula is C14H20N3O3S-. The predicted octanol–water partition coefficient (Wildman–Crippen LogP) is 3.70. The maximum Gasteiger partial charge on any atom is 0.124 e. The summed E-state index contributed by atoms with van der Waals surface area (Å²) in [4.78, 5) is 2.59. The molecule has 6 nitrogen and oxygen atoms in total. The Hall–Kier alpha value is -1.56. The molecule has 0 N–H and O–H groups in total. The maximum atomic E-state index is 11.2. The molecule has 0 atom stereocenters. The monoisotopic (exact) mass is 310 g/mol. The lowest BCUT2D eigenvalue weighted by atomic mass is 10.0. The highest BCUT2D eigenvalue weighted by molar-refractivity contribution is 7.85. The number of hydrogen-bond acceptors (Lipinski definition) is 4. The molecule has 0 aliphatic rings. The number of nitrogens with zero attached hydrogens (tertiary/aromatic N) is 3. The van der Waals surface area contributed by atoms with E-state index in [1.165, 1.54) is 6.07 Å². The second-order valence-electron chi connectivity index (χ2n) is 5.04. The highest BCUT2D eigenvalue weighted by atomic mass is 32.2. The molecule has 0 fully saturated rings. The summed E-state index contributed by atoms with van der Waals surface area (Å²) >= 11 is 0. The van der Waals surface area contributed by atoms with Crippen LogP contribution in [0.5, 0.6) is 0 Å². The second kappa shape index (κ2) is 8.67. The van der Waals surface area contributed by atoms with Crippen LogP contribution in [0, 0.1) is 6.92 Å². The third-order valence-electron chi connectivity index (χ3n) is 3.25. The van der Waals surface area contributed by atoms with E-state index in [4.69, 9.17) is 5.53 Å². The van der Waals surface area contributed by atoms with Gasteiger partial charge in [-0.05, 0) is 43.3 Å². The van der Waals surface area contributed by atoms with Gasteiger partial charge in [-0.25, -0.2) is 8.42 Å². The van der Waals surface area contributed by atoms with E-state index in [9.17, 15) is 13.0 Å². The molecule has 0 saturated heterocycles. The zero-order valence-electron chi connectivity index (χ0n) is 12.2. The van der Waals surface area contributed by atoms with Crippen LogP contribution in [0.15, 0.2) is 28.2 Å². The van der Waals surface area contributed by atoms with E-state index in [1.54, 1.807) is 12.1 Å². The fourth-order valence-corrected chi connectivity index (χ4v) is 2.94. The molecule has 116 valence electrons. The Morgan fingerprint density at radius 3 is 2.52 bits per heavy atom. The van der Waals surface area contributed by atoms with Crippen LogP contribution >= 0.6 is 0 Å². The predicted molar refractivity (Wildman–Crippen MR) is 79.9 cm³/mol. The van der Waals surface area contributed by atoms with Crippen molar-refractivity contribution in [3.8, 4) is 0 Å². The Balaban J connectivity index is 2.45. The van der Waals surface area contributed by atoms with E-state index >= 15 is 0 Å². The van der Waals surface area contributed by atoms with Crippen LogP contribution in [0.2, 0.25) is 0 Å². The Morgan fingerprint density at radius 2 is 1.86 bits per heavy atom. The lowest BCUT2D eigenvalue weighted by molar-refractivity contribution is 0.461. The van der Waals surface area contributed by atoms with Crippen molar-refractivity contribution in [2.75, 3.05) is 6.54 Å². The van der Waals surface area contributed by atoms with Gasteiger partial charge in [-0.2, -0.15) is 0 Å². The zero-order chi connectivity index (χ0) is 15.7. The lowest BCUT2D eigenvalue weighted by Crippen LogP contribution is -2.04. The van der Waals surface area contributed by atoms with Crippen LogP contribution in [0.1, 0.15) is 43.2 Å². The molecule has 21 heavy (non-hydrogen) atoms. The van der Waals surface area contributed by atoms with Crippen molar-refractivity contribution in [3.05, 3.63) is 39.8 Å². The number of hydrogen-bond donors (Lipinski definition) is 0. The van der Waals surface area contributed by atoms with E-state index in [0.29, 0.717) is 18.5 Å². The summed E-state index contributed by atoms with van der Waals surface area (Å²) in [7, 11) is -4.40. The highest BCUT2D eigenvalue weighted by Gasteiger charge is 2.08. The Bertz CT molecular complexity index is 608. The average Bonchev–Trinajstić information content (AvgIpc) is 2.40. The van der Waals surface area contributed by atoms with Crippen molar-refractivity contribution in [1.29, 1.82) is 0 Å².